The Morgan fingerprint density at radius 1 is 1.09 bits per heavy atom. The lowest BCUT2D eigenvalue weighted by atomic mass is 9.87. The van der Waals surface area contributed by atoms with Gasteiger partial charge in [-0.1, -0.05) is 63.6 Å². The first-order valence-electron chi connectivity index (χ1n) is 11.7. The molecule has 172 valence electrons. The Balaban J connectivity index is 1.83. The Hall–Kier alpha value is -2.82. The van der Waals surface area contributed by atoms with Gasteiger partial charge in [0.25, 0.3) is 5.91 Å². The fraction of sp³-hybridized carbons (Fsp3) is 0.481. The summed E-state index contributed by atoms with van der Waals surface area (Å²) >= 11 is 0. The van der Waals surface area contributed by atoms with E-state index in [-0.39, 0.29) is 30.4 Å². The van der Waals surface area contributed by atoms with Crippen molar-refractivity contribution in [3.63, 3.8) is 0 Å². The Bertz CT molecular complexity index is 934. The molecule has 5 heteroatoms. The molecule has 2 amide bonds. The van der Waals surface area contributed by atoms with E-state index in [1.165, 1.54) is 11.1 Å². The first-order chi connectivity index (χ1) is 15.3. The third kappa shape index (κ3) is 5.90. The fourth-order valence-electron chi connectivity index (χ4n) is 4.06. The van der Waals surface area contributed by atoms with Crippen molar-refractivity contribution in [1.82, 2.24) is 10.2 Å². The molecule has 0 aliphatic carbocycles. The van der Waals surface area contributed by atoms with Crippen LogP contribution in [0, 0.1) is 18.8 Å². The largest absolute Gasteiger partial charge is 0.484 e. The molecule has 1 unspecified atom stereocenters. The second kappa shape index (κ2) is 10.7. The summed E-state index contributed by atoms with van der Waals surface area (Å²) in [6.07, 6.45) is 1.76. The van der Waals surface area contributed by atoms with Crippen molar-refractivity contribution in [2.75, 3.05) is 19.7 Å². The number of amides is 2. The van der Waals surface area contributed by atoms with E-state index in [9.17, 15) is 9.59 Å². The quantitative estimate of drug-likeness (QED) is 0.654. The molecule has 1 heterocycles. The van der Waals surface area contributed by atoms with Gasteiger partial charge in [0.1, 0.15) is 5.75 Å². The van der Waals surface area contributed by atoms with Crippen LogP contribution in [-0.2, 0) is 16.0 Å². The van der Waals surface area contributed by atoms with E-state index in [1.54, 1.807) is 0 Å². The van der Waals surface area contributed by atoms with Crippen molar-refractivity contribution in [3.05, 3.63) is 64.7 Å². The van der Waals surface area contributed by atoms with Gasteiger partial charge in [-0.3, -0.25) is 9.59 Å². The predicted molar refractivity (Wildman–Crippen MR) is 128 cm³/mol. The maximum Gasteiger partial charge on any atom is 0.257 e. The molecule has 2 aromatic rings. The number of fused-ring (bicyclic) bond motifs is 1. The van der Waals surface area contributed by atoms with Crippen molar-refractivity contribution in [3.8, 4) is 5.75 Å². The average molecular weight is 437 g/mol. The van der Waals surface area contributed by atoms with Crippen LogP contribution in [0.1, 0.15) is 62.4 Å². The number of nitrogens with zero attached hydrogens (tertiary/aromatic N) is 1. The van der Waals surface area contributed by atoms with Gasteiger partial charge >= 0.3 is 0 Å². The first-order valence-corrected chi connectivity index (χ1v) is 11.7. The molecular weight excluding hydrogens is 400 g/mol. The van der Waals surface area contributed by atoms with E-state index < -0.39 is 0 Å². The van der Waals surface area contributed by atoms with Crippen molar-refractivity contribution < 1.29 is 14.3 Å². The number of benzene rings is 2. The number of carbonyl (C=O) groups excluding carboxylic acids is 2. The molecule has 0 spiro atoms. The molecule has 2 aromatic carbocycles. The van der Waals surface area contributed by atoms with Gasteiger partial charge in [-0.25, -0.2) is 0 Å². The fourth-order valence-corrected chi connectivity index (χ4v) is 4.06. The molecule has 0 saturated heterocycles. The molecule has 0 fully saturated rings. The van der Waals surface area contributed by atoms with Crippen molar-refractivity contribution in [2.24, 2.45) is 11.8 Å². The zero-order valence-corrected chi connectivity index (χ0v) is 20.0. The molecule has 0 saturated carbocycles. The minimum atomic E-state index is -0.155. The van der Waals surface area contributed by atoms with Crippen molar-refractivity contribution >= 4 is 11.8 Å². The molecule has 1 aliphatic rings. The summed E-state index contributed by atoms with van der Waals surface area (Å²) in [6, 6.07) is 14.2. The van der Waals surface area contributed by atoms with Crippen LogP contribution < -0.4 is 10.1 Å². The Morgan fingerprint density at radius 3 is 2.47 bits per heavy atom. The van der Waals surface area contributed by atoms with Crippen LogP contribution in [0.4, 0.5) is 0 Å². The van der Waals surface area contributed by atoms with Crippen LogP contribution in [0.3, 0.4) is 0 Å². The van der Waals surface area contributed by atoms with E-state index in [2.05, 4.69) is 56.4 Å². The van der Waals surface area contributed by atoms with Crippen molar-refractivity contribution in [2.45, 2.75) is 53.5 Å². The summed E-state index contributed by atoms with van der Waals surface area (Å²) in [7, 11) is 0. The zero-order valence-electron chi connectivity index (χ0n) is 20.0. The monoisotopic (exact) mass is 436 g/mol. The number of nitrogens with one attached hydrogen (secondary N) is 1. The van der Waals surface area contributed by atoms with Gasteiger partial charge in [-0.15, -0.1) is 0 Å². The van der Waals surface area contributed by atoms with Gasteiger partial charge in [0.2, 0.25) is 5.91 Å². The highest BCUT2D eigenvalue weighted by Crippen LogP contribution is 2.38. The molecule has 5 nitrogen and oxygen atoms in total. The minimum absolute atomic E-state index is 0.0132. The van der Waals surface area contributed by atoms with E-state index in [4.69, 9.17) is 4.74 Å². The molecule has 0 aromatic heterocycles. The summed E-state index contributed by atoms with van der Waals surface area (Å²) in [4.78, 5) is 27.2. The van der Waals surface area contributed by atoms with E-state index in [0.717, 1.165) is 24.0 Å². The molecule has 1 aliphatic heterocycles. The molecule has 0 bridgehead atoms. The highest BCUT2D eigenvalue weighted by Gasteiger charge is 2.33. The molecule has 3 rings (SSSR count). The standard InChI is InChI=1S/C27H36N2O3/c1-18(2)12-14-28-25(30)17-32-23-11-10-21-13-15-29(27(31)19(3)4)26(24(21)16-23)22-8-6-20(5)7-9-22/h6-11,16,18-19,26H,12-15,17H2,1-5H3,(H,28,30). The van der Waals surface area contributed by atoms with Crippen LogP contribution >= 0.6 is 0 Å². The Morgan fingerprint density at radius 2 is 1.81 bits per heavy atom. The van der Waals surface area contributed by atoms with Crippen LogP contribution in [0.25, 0.3) is 0 Å². The average Bonchev–Trinajstić information content (AvgIpc) is 2.76. The third-order valence-corrected chi connectivity index (χ3v) is 5.93. The van der Waals surface area contributed by atoms with Crippen molar-refractivity contribution in [1.29, 1.82) is 0 Å². The highest BCUT2D eigenvalue weighted by molar-refractivity contribution is 5.80. The maximum absolute atomic E-state index is 13.0. The number of rotatable bonds is 8. The second-order valence-electron chi connectivity index (χ2n) is 9.43. The molecule has 32 heavy (non-hydrogen) atoms. The summed E-state index contributed by atoms with van der Waals surface area (Å²) in [6.45, 7) is 11.6. The lowest BCUT2D eigenvalue weighted by Gasteiger charge is -2.39. The van der Waals surface area contributed by atoms with Crippen LogP contribution in [-0.4, -0.2) is 36.4 Å². The SMILES string of the molecule is Cc1ccc(C2c3cc(OCC(=O)NCCC(C)C)ccc3CCN2C(=O)C(C)C)cc1. The Labute approximate surface area is 192 Å². The first kappa shape index (κ1) is 23.8. The smallest absolute Gasteiger partial charge is 0.257 e. The van der Waals surface area contributed by atoms with Gasteiger partial charge in [-0.2, -0.15) is 0 Å². The van der Waals surface area contributed by atoms with Crippen LogP contribution in [0.15, 0.2) is 42.5 Å². The molecule has 0 radical (unpaired) electrons. The lowest BCUT2D eigenvalue weighted by molar-refractivity contribution is -0.136. The number of hydrogen-bond acceptors (Lipinski definition) is 3. The number of hydrogen-bond donors (Lipinski definition) is 1. The Kier molecular flexibility index (Phi) is 7.94. The highest BCUT2D eigenvalue weighted by atomic mass is 16.5. The molecular formula is C27H36N2O3. The summed E-state index contributed by atoms with van der Waals surface area (Å²) in [5, 5.41) is 2.90. The molecule has 1 atom stereocenters. The van der Waals surface area contributed by atoms with Crippen LogP contribution in [0.5, 0.6) is 5.75 Å². The summed E-state index contributed by atoms with van der Waals surface area (Å²) in [5.41, 5.74) is 4.57. The van der Waals surface area contributed by atoms with Crippen LogP contribution in [0.2, 0.25) is 0 Å². The van der Waals surface area contributed by atoms with Gasteiger partial charge in [0.05, 0.1) is 6.04 Å². The maximum atomic E-state index is 13.0. The lowest BCUT2D eigenvalue weighted by Crippen LogP contribution is -2.42. The number of ether oxygens (including phenoxy) is 1. The number of carbonyl (C=O) groups is 2. The van der Waals surface area contributed by atoms with Gasteiger partial charge in [0, 0.05) is 19.0 Å². The van der Waals surface area contributed by atoms with E-state index >= 15 is 0 Å². The predicted octanol–water partition coefficient (Wildman–Crippen LogP) is 4.67. The van der Waals surface area contributed by atoms with Gasteiger partial charge in [-0.05, 0) is 54.5 Å². The summed E-state index contributed by atoms with van der Waals surface area (Å²) < 4.78 is 5.82. The second-order valence-corrected chi connectivity index (χ2v) is 9.43. The zero-order chi connectivity index (χ0) is 23.3. The van der Waals surface area contributed by atoms with E-state index in [0.29, 0.717) is 24.8 Å². The number of aryl methyl sites for hydroxylation is 1. The summed E-state index contributed by atoms with van der Waals surface area (Å²) in [5.74, 6) is 1.16. The minimum Gasteiger partial charge on any atom is -0.484 e. The van der Waals surface area contributed by atoms with E-state index in [1.807, 2.05) is 30.9 Å². The normalized spacial score (nSPS) is 15.6. The van der Waals surface area contributed by atoms with Gasteiger partial charge < -0.3 is 15.0 Å². The van der Waals surface area contributed by atoms with Gasteiger partial charge in [0.15, 0.2) is 6.61 Å². The third-order valence-electron chi connectivity index (χ3n) is 5.93. The molecule has 1 N–H and O–H groups in total. The topological polar surface area (TPSA) is 58.6 Å².